The highest BCUT2D eigenvalue weighted by Crippen LogP contribution is 2.21. The molecule has 0 unspecified atom stereocenters. The molecule has 0 aromatic carbocycles. The van der Waals surface area contributed by atoms with Crippen molar-refractivity contribution in [3.05, 3.63) is 21.9 Å². The molecule has 5 nitrogen and oxygen atoms in total. The van der Waals surface area contributed by atoms with Crippen LogP contribution in [0.3, 0.4) is 0 Å². The van der Waals surface area contributed by atoms with Crippen molar-refractivity contribution in [2.45, 2.75) is 6.92 Å². The summed E-state index contributed by atoms with van der Waals surface area (Å²) >= 11 is 1.39. The topological polar surface area (TPSA) is 98.2 Å². The molecule has 0 spiro atoms. The van der Waals surface area contributed by atoms with Crippen LogP contribution in [-0.4, -0.2) is 5.91 Å². The number of carbonyl (C=O) groups excluding carboxylic acids is 1. The molecular weight excluding hydrogens is 209 g/mol. The highest BCUT2D eigenvalue weighted by Gasteiger charge is 2.16. The average Bonchev–Trinajstić information content (AvgIpc) is 2.30. The third-order valence-electron chi connectivity index (χ3n) is 1.38. The summed E-state index contributed by atoms with van der Waals surface area (Å²) in [6, 6.07) is 0. The molecule has 1 heterocycles. The lowest BCUT2D eigenvalue weighted by Crippen LogP contribution is -2.28. The summed E-state index contributed by atoms with van der Waals surface area (Å²) in [6.45, 7) is 1.78. The van der Waals surface area contributed by atoms with E-state index in [-0.39, 0.29) is 0 Å². The summed E-state index contributed by atoms with van der Waals surface area (Å²) in [5, 5.41) is 5.51. The first-order valence-corrected chi connectivity index (χ1v) is 6.21. The Bertz CT molecular complexity index is 370. The van der Waals surface area contributed by atoms with Crippen molar-refractivity contribution in [3.8, 4) is 0 Å². The number of nitrogens with one attached hydrogen (secondary N) is 1. The second kappa shape index (κ2) is 3.59. The maximum absolute atomic E-state index is 11.3. The van der Waals surface area contributed by atoms with E-state index in [1.807, 2.05) is 10.5 Å². The number of thiophene rings is 1. The minimum absolute atomic E-state index is 0.459. The standard InChI is InChI=1S/C6H10N3O2PS/c1-4-2-13-3-5(4)6(10)9-12(7,8)11/h2-3H,1H3,(H5,7,8,9,10,11). The van der Waals surface area contributed by atoms with Crippen molar-refractivity contribution in [2.24, 2.45) is 11.0 Å². The average molecular weight is 219 g/mol. The second-order valence-electron chi connectivity index (χ2n) is 2.62. The van der Waals surface area contributed by atoms with Crippen LogP contribution in [0.15, 0.2) is 10.8 Å². The van der Waals surface area contributed by atoms with Crippen molar-refractivity contribution < 1.29 is 9.36 Å². The smallest absolute Gasteiger partial charge is 0.279 e. The molecular formula is C6H10N3O2PS. The van der Waals surface area contributed by atoms with Gasteiger partial charge in [0.1, 0.15) is 0 Å². The molecule has 1 amide bonds. The molecule has 0 fully saturated rings. The van der Waals surface area contributed by atoms with Gasteiger partial charge in [-0.1, -0.05) is 0 Å². The van der Waals surface area contributed by atoms with Crippen LogP contribution in [0.25, 0.3) is 0 Å². The highest BCUT2D eigenvalue weighted by molar-refractivity contribution is 7.57. The summed E-state index contributed by atoms with van der Waals surface area (Å²) < 4.78 is 10.9. The molecule has 0 aliphatic carbocycles. The van der Waals surface area contributed by atoms with Gasteiger partial charge in [0.25, 0.3) is 5.91 Å². The Morgan fingerprint density at radius 1 is 1.54 bits per heavy atom. The summed E-state index contributed by atoms with van der Waals surface area (Å²) in [5.74, 6) is -0.493. The third kappa shape index (κ3) is 2.93. The van der Waals surface area contributed by atoms with E-state index >= 15 is 0 Å². The van der Waals surface area contributed by atoms with Crippen LogP contribution in [0.5, 0.6) is 0 Å². The molecule has 7 heteroatoms. The number of hydrogen-bond acceptors (Lipinski definition) is 3. The van der Waals surface area contributed by atoms with Gasteiger partial charge in [-0.2, -0.15) is 11.3 Å². The summed E-state index contributed by atoms with van der Waals surface area (Å²) in [6.07, 6.45) is 0. The van der Waals surface area contributed by atoms with Crippen LogP contribution in [-0.2, 0) is 4.57 Å². The van der Waals surface area contributed by atoms with Gasteiger partial charge in [-0.3, -0.25) is 25.5 Å². The van der Waals surface area contributed by atoms with Gasteiger partial charge >= 0.3 is 7.59 Å². The minimum Gasteiger partial charge on any atom is -0.279 e. The fourth-order valence-electron chi connectivity index (χ4n) is 0.812. The zero-order chi connectivity index (χ0) is 10.1. The van der Waals surface area contributed by atoms with Crippen LogP contribution in [0, 0.1) is 6.92 Å². The predicted molar refractivity (Wildman–Crippen MR) is 52.5 cm³/mol. The van der Waals surface area contributed by atoms with Gasteiger partial charge in [0, 0.05) is 5.38 Å². The van der Waals surface area contributed by atoms with Crippen LogP contribution >= 0.6 is 18.9 Å². The molecule has 1 aromatic heterocycles. The van der Waals surface area contributed by atoms with Crippen molar-refractivity contribution in [2.75, 3.05) is 0 Å². The number of hydrogen-bond donors (Lipinski definition) is 3. The second-order valence-corrected chi connectivity index (χ2v) is 5.00. The lowest BCUT2D eigenvalue weighted by Gasteiger charge is -2.07. The molecule has 5 N–H and O–H groups in total. The van der Waals surface area contributed by atoms with E-state index in [4.69, 9.17) is 11.0 Å². The first kappa shape index (κ1) is 10.4. The van der Waals surface area contributed by atoms with Gasteiger partial charge in [0.2, 0.25) is 0 Å². The number of amides is 1. The molecule has 13 heavy (non-hydrogen) atoms. The maximum Gasteiger partial charge on any atom is 0.300 e. The summed E-state index contributed by atoms with van der Waals surface area (Å²) in [7, 11) is -3.48. The third-order valence-corrected chi connectivity index (χ3v) is 2.79. The van der Waals surface area contributed by atoms with Gasteiger partial charge in [0.05, 0.1) is 5.56 Å². The van der Waals surface area contributed by atoms with Crippen LogP contribution in [0.2, 0.25) is 0 Å². The van der Waals surface area contributed by atoms with Crippen molar-refractivity contribution >= 4 is 24.8 Å². The number of carbonyl (C=O) groups is 1. The molecule has 0 aliphatic heterocycles. The molecule has 0 saturated heterocycles. The Kier molecular flexibility index (Phi) is 2.87. The Morgan fingerprint density at radius 3 is 2.54 bits per heavy atom. The normalized spacial score (nSPS) is 11.3. The van der Waals surface area contributed by atoms with Gasteiger partial charge in [0.15, 0.2) is 0 Å². The number of nitrogens with two attached hydrogens (primary N) is 2. The SMILES string of the molecule is Cc1cscc1C(=O)NP(N)(N)=O. The van der Waals surface area contributed by atoms with Crippen molar-refractivity contribution in [3.63, 3.8) is 0 Å². The van der Waals surface area contributed by atoms with E-state index in [9.17, 15) is 9.36 Å². The Hall–Kier alpha value is -0.680. The van der Waals surface area contributed by atoms with Crippen LogP contribution in [0.4, 0.5) is 0 Å². The Morgan fingerprint density at radius 2 is 2.15 bits per heavy atom. The summed E-state index contributed by atoms with van der Waals surface area (Å²) in [4.78, 5) is 11.3. The summed E-state index contributed by atoms with van der Waals surface area (Å²) in [5.41, 5.74) is 11.3. The zero-order valence-electron chi connectivity index (χ0n) is 6.98. The fourth-order valence-corrected chi connectivity index (χ4v) is 2.08. The monoisotopic (exact) mass is 219 g/mol. The number of rotatable bonds is 2. The Labute approximate surface area is 79.7 Å². The largest absolute Gasteiger partial charge is 0.300 e. The Balaban J connectivity index is 2.82. The van der Waals surface area contributed by atoms with Crippen LogP contribution < -0.4 is 16.1 Å². The van der Waals surface area contributed by atoms with Crippen molar-refractivity contribution in [1.82, 2.24) is 5.09 Å². The number of aryl methyl sites for hydroxylation is 1. The van der Waals surface area contributed by atoms with E-state index in [1.54, 1.807) is 12.3 Å². The maximum atomic E-state index is 11.3. The molecule has 0 atom stereocenters. The fraction of sp³-hybridized carbons (Fsp3) is 0.167. The molecule has 0 aliphatic rings. The lowest BCUT2D eigenvalue weighted by atomic mass is 10.2. The lowest BCUT2D eigenvalue weighted by molar-refractivity contribution is 0.0980. The van der Waals surface area contributed by atoms with Gasteiger partial charge in [-0.25, -0.2) is 0 Å². The highest BCUT2D eigenvalue weighted by atomic mass is 32.1. The molecule has 1 aromatic rings. The van der Waals surface area contributed by atoms with Crippen molar-refractivity contribution in [1.29, 1.82) is 0 Å². The van der Waals surface area contributed by atoms with E-state index in [0.717, 1.165) is 5.56 Å². The molecule has 1 rings (SSSR count). The minimum atomic E-state index is -3.48. The van der Waals surface area contributed by atoms with E-state index in [2.05, 4.69) is 0 Å². The van der Waals surface area contributed by atoms with E-state index in [0.29, 0.717) is 5.56 Å². The predicted octanol–water partition coefficient (Wildman–Crippen LogP) is 0.812. The van der Waals surface area contributed by atoms with E-state index < -0.39 is 13.5 Å². The van der Waals surface area contributed by atoms with E-state index in [1.165, 1.54) is 11.3 Å². The quantitative estimate of drug-likeness (QED) is 0.641. The zero-order valence-corrected chi connectivity index (χ0v) is 8.69. The molecule has 0 saturated carbocycles. The first-order valence-electron chi connectivity index (χ1n) is 3.43. The van der Waals surface area contributed by atoms with Gasteiger partial charge in [-0.15, -0.1) is 0 Å². The van der Waals surface area contributed by atoms with Gasteiger partial charge < -0.3 is 0 Å². The molecule has 0 radical (unpaired) electrons. The first-order chi connectivity index (χ1) is 5.90. The molecule has 72 valence electrons. The van der Waals surface area contributed by atoms with Gasteiger partial charge in [-0.05, 0) is 17.9 Å². The molecule has 0 bridgehead atoms. The van der Waals surface area contributed by atoms with Crippen LogP contribution in [0.1, 0.15) is 15.9 Å².